The molecule has 1 heterocycles. The van der Waals surface area contributed by atoms with Crippen molar-refractivity contribution in [3.8, 4) is 0 Å². The largest absolute Gasteiger partial charge is 0.351 e. The van der Waals surface area contributed by atoms with Crippen LogP contribution in [0.15, 0.2) is 24.8 Å². The van der Waals surface area contributed by atoms with Crippen LogP contribution >= 0.6 is 0 Å². The molecule has 5 heteroatoms. The van der Waals surface area contributed by atoms with Gasteiger partial charge in [0.05, 0.1) is 0 Å². The number of carbonyl (C=O) groups excluding carboxylic acids is 1. The van der Waals surface area contributed by atoms with Crippen molar-refractivity contribution in [1.29, 1.82) is 0 Å². The van der Waals surface area contributed by atoms with Gasteiger partial charge in [0.25, 0.3) is 0 Å². The van der Waals surface area contributed by atoms with Crippen LogP contribution in [0.3, 0.4) is 0 Å². The fourth-order valence-corrected chi connectivity index (χ4v) is 5.19. The van der Waals surface area contributed by atoms with Crippen LogP contribution in [-0.4, -0.2) is 29.4 Å². The summed E-state index contributed by atoms with van der Waals surface area (Å²) in [5.41, 5.74) is 1.17. The molecule has 1 fully saturated rings. The van der Waals surface area contributed by atoms with Crippen LogP contribution in [0.5, 0.6) is 0 Å². The van der Waals surface area contributed by atoms with Crippen LogP contribution in [0.25, 0.3) is 0 Å². The molecule has 2 aliphatic rings. The highest BCUT2D eigenvalue weighted by molar-refractivity contribution is 5.83. The van der Waals surface area contributed by atoms with Gasteiger partial charge >= 0.3 is 0 Å². The normalized spacial score (nSPS) is 22.4. The number of carbonyl (C=O) groups is 1. The minimum Gasteiger partial charge on any atom is -0.351 e. The number of allylic oxidation sites excluding steroid dienone is 1. The number of fused-ring (bicyclic) bond motifs is 1. The molecule has 2 atom stereocenters. The molecule has 1 aliphatic carbocycles. The van der Waals surface area contributed by atoms with Crippen molar-refractivity contribution in [1.82, 2.24) is 10.2 Å². The van der Waals surface area contributed by atoms with E-state index in [4.69, 9.17) is 0 Å². The van der Waals surface area contributed by atoms with Gasteiger partial charge in [0.15, 0.2) is 11.6 Å². The summed E-state index contributed by atoms with van der Waals surface area (Å²) in [4.78, 5) is 15.6. The molecule has 166 valence electrons. The molecule has 3 nitrogen and oxygen atoms in total. The fraction of sp³-hybridized carbons (Fsp3) is 0.640. The number of benzene rings is 1. The third kappa shape index (κ3) is 4.77. The molecule has 1 aromatic carbocycles. The van der Waals surface area contributed by atoms with Crippen LogP contribution in [0.2, 0.25) is 0 Å². The highest BCUT2D eigenvalue weighted by atomic mass is 19.2. The summed E-state index contributed by atoms with van der Waals surface area (Å²) in [7, 11) is 0. The third-order valence-corrected chi connectivity index (χ3v) is 6.97. The summed E-state index contributed by atoms with van der Waals surface area (Å²) in [6.45, 7) is 13.7. The molecule has 30 heavy (non-hydrogen) atoms. The smallest absolute Gasteiger partial charge is 0.226 e. The molecule has 0 bridgehead atoms. The fourth-order valence-electron chi connectivity index (χ4n) is 5.19. The van der Waals surface area contributed by atoms with Gasteiger partial charge in [0.2, 0.25) is 5.91 Å². The maximum atomic E-state index is 13.8. The molecule has 0 spiro atoms. The van der Waals surface area contributed by atoms with Crippen LogP contribution < -0.4 is 5.32 Å². The van der Waals surface area contributed by atoms with Gasteiger partial charge in [-0.05, 0) is 102 Å². The van der Waals surface area contributed by atoms with E-state index in [9.17, 15) is 13.6 Å². The lowest BCUT2D eigenvalue weighted by Gasteiger charge is -2.44. The molecule has 0 radical (unpaired) electrons. The van der Waals surface area contributed by atoms with Gasteiger partial charge in [-0.25, -0.2) is 8.78 Å². The molecular weight excluding hydrogens is 382 g/mol. The first-order valence-electron chi connectivity index (χ1n) is 11.2. The van der Waals surface area contributed by atoms with Crippen molar-refractivity contribution in [2.45, 2.75) is 77.8 Å². The Kier molecular flexibility index (Phi) is 6.71. The number of piperidine rings is 1. The minimum absolute atomic E-state index is 0.124. The first kappa shape index (κ1) is 22.9. The van der Waals surface area contributed by atoms with E-state index >= 15 is 0 Å². The number of halogens is 2. The Hall–Kier alpha value is -1.75. The minimum atomic E-state index is -0.758. The molecule has 1 amide bonds. The Morgan fingerprint density at radius 3 is 2.40 bits per heavy atom. The molecule has 3 rings (SSSR count). The van der Waals surface area contributed by atoms with E-state index in [0.29, 0.717) is 5.92 Å². The number of aryl methyl sites for hydroxylation is 1. The van der Waals surface area contributed by atoms with Gasteiger partial charge in [-0.15, -0.1) is 6.58 Å². The average Bonchev–Trinajstić information content (AvgIpc) is 3.07. The van der Waals surface area contributed by atoms with Crippen LogP contribution in [0.4, 0.5) is 8.78 Å². The monoisotopic (exact) mass is 418 g/mol. The number of amides is 1. The van der Waals surface area contributed by atoms with Crippen molar-refractivity contribution in [3.05, 3.63) is 47.5 Å². The number of likely N-dealkylation sites (tertiary alicyclic amines) is 1. The topological polar surface area (TPSA) is 32.3 Å². The van der Waals surface area contributed by atoms with E-state index in [2.05, 4.69) is 23.7 Å². The van der Waals surface area contributed by atoms with Crippen LogP contribution in [-0.2, 0) is 11.2 Å². The predicted molar refractivity (Wildman–Crippen MR) is 117 cm³/mol. The van der Waals surface area contributed by atoms with E-state index in [1.807, 2.05) is 26.8 Å². The predicted octanol–water partition coefficient (Wildman–Crippen LogP) is 5.55. The Bertz CT molecular complexity index is 793. The lowest BCUT2D eigenvalue weighted by Crippen LogP contribution is -2.52. The Balaban J connectivity index is 1.71. The lowest BCUT2D eigenvalue weighted by molar-refractivity contribution is -0.136. The van der Waals surface area contributed by atoms with Crippen molar-refractivity contribution in [3.63, 3.8) is 0 Å². The molecule has 1 N–H and O–H groups in total. The van der Waals surface area contributed by atoms with E-state index < -0.39 is 17.0 Å². The highest BCUT2D eigenvalue weighted by Gasteiger charge is 2.44. The number of hydrogen-bond donors (Lipinski definition) is 1. The SMILES string of the molecule is C=CCCC(C)(C(=O)NC(C)(C)C)C1CCN(C2CCc3cc(F)c(F)cc32)CC1. The summed E-state index contributed by atoms with van der Waals surface area (Å²) >= 11 is 0. The number of hydrogen-bond acceptors (Lipinski definition) is 2. The molecule has 1 saturated heterocycles. The highest BCUT2D eigenvalue weighted by Crippen LogP contribution is 2.44. The molecule has 0 saturated carbocycles. The van der Waals surface area contributed by atoms with Gasteiger partial charge in [-0.3, -0.25) is 9.69 Å². The van der Waals surface area contributed by atoms with Crippen LogP contribution in [0.1, 0.15) is 77.0 Å². The maximum absolute atomic E-state index is 13.8. The zero-order valence-electron chi connectivity index (χ0n) is 18.9. The third-order valence-electron chi connectivity index (χ3n) is 6.97. The summed E-state index contributed by atoms with van der Waals surface area (Å²) in [6, 6.07) is 2.90. The quantitative estimate of drug-likeness (QED) is 0.614. The zero-order valence-corrected chi connectivity index (χ0v) is 18.9. The number of nitrogens with one attached hydrogen (secondary N) is 1. The maximum Gasteiger partial charge on any atom is 0.226 e. The summed E-state index contributed by atoms with van der Waals surface area (Å²) in [5, 5.41) is 3.19. The molecular formula is C25H36F2N2O. The van der Waals surface area contributed by atoms with E-state index in [0.717, 1.165) is 62.7 Å². The number of nitrogens with zero attached hydrogens (tertiary/aromatic N) is 1. The van der Waals surface area contributed by atoms with Gasteiger partial charge in [0.1, 0.15) is 0 Å². The average molecular weight is 419 g/mol. The molecule has 2 unspecified atom stereocenters. The van der Waals surface area contributed by atoms with Crippen molar-refractivity contribution in [2.75, 3.05) is 13.1 Å². The van der Waals surface area contributed by atoms with E-state index in [1.165, 1.54) is 12.1 Å². The van der Waals surface area contributed by atoms with Crippen LogP contribution in [0, 0.1) is 23.0 Å². The van der Waals surface area contributed by atoms with Crippen molar-refractivity contribution >= 4 is 5.91 Å². The second-order valence-corrected chi connectivity index (χ2v) is 10.3. The van der Waals surface area contributed by atoms with Crippen molar-refractivity contribution < 1.29 is 13.6 Å². The standard InChI is InChI=1S/C25H36F2N2O/c1-6-7-12-25(5,23(30)28-24(2,3)4)18-10-13-29(14-11-18)22-9-8-17-15-20(26)21(27)16-19(17)22/h6,15-16,18,22H,1,7-14H2,2-5H3,(H,28,30). The summed E-state index contributed by atoms with van der Waals surface area (Å²) in [6.07, 6.45) is 7.06. The lowest BCUT2D eigenvalue weighted by atomic mass is 9.68. The van der Waals surface area contributed by atoms with Gasteiger partial charge in [0, 0.05) is 17.0 Å². The Morgan fingerprint density at radius 2 is 1.80 bits per heavy atom. The first-order valence-corrected chi connectivity index (χ1v) is 11.2. The second kappa shape index (κ2) is 8.78. The van der Waals surface area contributed by atoms with Gasteiger partial charge in [-0.1, -0.05) is 13.0 Å². The van der Waals surface area contributed by atoms with Crippen molar-refractivity contribution in [2.24, 2.45) is 11.3 Å². The number of rotatable bonds is 6. The molecule has 0 aromatic heterocycles. The molecule has 1 aromatic rings. The van der Waals surface area contributed by atoms with E-state index in [1.54, 1.807) is 0 Å². The molecule has 1 aliphatic heterocycles. The van der Waals surface area contributed by atoms with E-state index in [-0.39, 0.29) is 17.5 Å². The first-order chi connectivity index (χ1) is 14.0. The zero-order chi connectivity index (χ0) is 22.1. The second-order valence-electron chi connectivity index (χ2n) is 10.3. The Morgan fingerprint density at radius 1 is 1.17 bits per heavy atom. The van der Waals surface area contributed by atoms with Gasteiger partial charge < -0.3 is 5.32 Å². The Labute approximate surface area is 179 Å². The summed E-state index contributed by atoms with van der Waals surface area (Å²) in [5.74, 6) is -1.09. The van der Waals surface area contributed by atoms with Gasteiger partial charge in [-0.2, -0.15) is 0 Å². The summed E-state index contributed by atoms with van der Waals surface area (Å²) < 4.78 is 27.4.